The number of methoxy groups -OCH3 is 1. The molecule has 0 saturated heterocycles. The van der Waals surface area contributed by atoms with Crippen molar-refractivity contribution in [3.63, 3.8) is 0 Å². The first-order valence-corrected chi connectivity index (χ1v) is 13.0. The Morgan fingerprint density at radius 1 is 1.05 bits per heavy atom. The molecule has 220 valence electrons. The number of nitrogens with zero attached hydrogens (tertiary/aromatic N) is 1. The monoisotopic (exact) mass is 624 g/mol. The molecule has 0 fully saturated rings. The zero-order valence-corrected chi connectivity index (χ0v) is 25.5. The highest BCUT2D eigenvalue weighted by Gasteiger charge is 2.33. The lowest BCUT2D eigenvalue weighted by Gasteiger charge is -2.26. The topological polar surface area (TPSA) is 118 Å². The molecule has 11 heteroatoms. The summed E-state index contributed by atoms with van der Waals surface area (Å²) < 4.78 is 37.9. The Morgan fingerprint density at radius 3 is 2.30 bits per heavy atom. The summed E-state index contributed by atoms with van der Waals surface area (Å²) in [6.07, 6.45) is 0.305. The number of halogens is 2. The van der Waals surface area contributed by atoms with Gasteiger partial charge >= 0.3 is 5.97 Å². The number of fused-ring (bicyclic) bond motifs is 1. The van der Waals surface area contributed by atoms with Crippen LogP contribution in [0.15, 0.2) is 18.2 Å². The van der Waals surface area contributed by atoms with Gasteiger partial charge < -0.3 is 29.0 Å². The van der Waals surface area contributed by atoms with Crippen LogP contribution in [0.25, 0.3) is 0 Å². The maximum atomic E-state index is 15.4. The molecule has 0 aromatic heterocycles. The fourth-order valence-corrected chi connectivity index (χ4v) is 4.44. The molecule has 0 radical (unpaired) electrons. The normalized spacial score (nSPS) is 12.5. The number of carbonyl (C=O) groups is 2. The van der Waals surface area contributed by atoms with Crippen LogP contribution in [0.1, 0.15) is 74.5 Å². The number of carboxylic acid groups (broad SMARTS) is 1. The number of carboxylic acids is 1. The number of carbonyl (C=O) groups excluding carboxylic acids is 1. The van der Waals surface area contributed by atoms with Gasteiger partial charge in [-0.05, 0) is 49.4 Å². The Balaban J connectivity index is 0.00000560. The first kappa shape index (κ1) is 32.9. The van der Waals surface area contributed by atoms with Crippen LogP contribution in [0.4, 0.5) is 4.39 Å². The van der Waals surface area contributed by atoms with Crippen molar-refractivity contribution < 1.29 is 38.0 Å². The highest BCUT2D eigenvalue weighted by molar-refractivity contribution is 8.93. The lowest BCUT2D eigenvalue weighted by molar-refractivity contribution is -0.137. The summed E-state index contributed by atoms with van der Waals surface area (Å²) in [5, 5.41) is 17.5. The lowest BCUT2D eigenvalue weighted by Crippen LogP contribution is -2.30. The molecule has 9 nitrogen and oxygen atoms in total. The van der Waals surface area contributed by atoms with Crippen LogP contribution in [-0.4, -0.2) is 61.1 Å². The summed E-state index contributed by atoms with van der Waals surface area (Å²) in [5.41, 5.74) is 1.33. The maximum Gasteiger partial charge on any atom is 0.303 e. The number of amidine groups is 1. The van der Waals surface area contributed by atoms with Gasteiger partial charge in [0, 0.05) is 24.1 Å². The Kier molecular flexibility index (Phi) is 11.4. The van der Waals surface area contributed by atoms with Gasteiger partial charge in [-0.25, -0.2) is 4.39 Å². The molecule has 1 aliphatic heterocycles. The quantitative estimate of drug-likeness (QED) is 0.213. The molecule has 2 N–H and O–H groups in total. The number of nitrogens with one attached hydrogen (secondary N) is 1. The SMILES string of the molecule is Br.CCOc1cc2c(c(F)c1OCC)C(=N)N(CC(=O)c1cc(OC)c(OCCCC(=O)O)c(C(C)(C)C)c1)C2. The number of aliphatic carboxylic acids is 1. The second-order valence-electron chi connectivity index (χ2n) is 10.2. The van der Waals surface area contributed by atoms with E-state index in [4.69, 9.17) is 29.5 Å². The van der Waals surface area contributed by atoms with E-state index in [1.165, 1.54) is 12.0 Å². The molecule has 1 aliphatic rings. The van der Waals surface area contributed by atoms with Crippen molar-refractivity contribution in [1.82, 2.24) is 4.90 Å². The smallest absolute Gasteiger partial charge is 0.303 e. The minimum Gasteiger partial charge on any atom is -0.493 e. The van der Waals surface area contributed by atoms with Crippen molar-refractivity contribution in [3.05, 3.63) is 46.3 Å². The second kappa shape index (κ2) is 13.8. The van der Waals surface area contributed by atoms with Crippen LogP contribution in [0.5, 0.6) is 23.0 Å². The van der Waals surface area contributed by atoms with Gasteiger partial charge in [0.2, 0.25) is 0 Å². The van der Waals surface area contributed by atoms with E-state index in [0.717, 1.165) is 5.56 Å². The Labute approximate surface area is 244 Å². The Morgan fingerprint density at radius 2 is 1.73 bits per heavy atom. The van der Waals surface area contributed by atoms with Gasteiger partial charge in [0.05, 0.1) is 39.0 Å². The van der Waals surface area contributed by atoms with E-state index in [2.05, 4.69) is 0 Å². The van der Waals surface area contributed by atoms with Crippen LogP contribution in [0.3, 0.4) is 0 Å². The minimum absolute atomic E-state index is 0. The van der Waals surface area contributed by atoms with E-state index in [1.54, 1.807) is 32.0 Å². The Bertz CT molecular complexity index is 1260. The summed E-state index contributed by atoms with van der Waals surface area (Å²) in [5.74, 6) is -0.883. The van der Waals surface area contributed by atoms with Crippen molar-refractivity contribution >= 4 is 34.6 Å². The number of ketones is 1. The molecule has 0 spiro atoms. The summed E-state index contributed by atoms with van der Waals surface area (Å²) in [6, 6.07) is 4.99. The first-order chi connectivity index (χ1) is 18.4. The molecule has 3 rings (SSSR count). The average molecular weight is 626 g/mol. The first-order valence-electron chi connectivity index (χ1n) is 13.0. The minimum atomic E-state index is -0.903. The standard InChI is InChI=1S/C29H37FN2O7.BrH/c1-7-37-22-14-18-15-32(28(31)24(18)25(30)27(22)38-8-2)16-20(33)17-12-19(29(3,4)5)26(21(13-17)36-6)39-11-9-10-23(34)35;/h12-14,31H,7-11,15-16H2,1-6H3,(H,34,35);1H. The third kappa shape index (κ3) is 7.24. The molecular formula is C29H38BrFN2O7. The molecule has 0 bridgehead atoms. The molecule has 0 aliphatic carbocycles. The van der Waals surface area contributed by atoms with Gasteiger partial charge in [-0.1, -0.05) is 20.8 Å². The van der Waals surface area contributed by atoms with Gasteiger partial charge in [-0.2, -0.15) is 0 Å². The third-order valence-corrected chi connectivity index (χ3v) is 6.29. The summed E-state index contributed by atoms with van der Waals surface area (Å²) in [7, 11) is 1.47. The van der Waals surface area contributed by atoms with E-state index in [9.17, 15) is 9.59 Å². The van der Waals surface area contributed by atoms with E-state index in [-0.39, 0.29) is 78.4 Å². The lowest BCUT2D eigenvalue weighted by atomic mass is 9.84. The predicted octanol–water partition coefficient (Wildman–Crippen LogP) is 5.77. The van der Waals surface area contributed by atoms with Gasteiger partial charge in [0.1, 0.15) is 5.84 Å². The molecule has 0 unspecified atom stereocenters. The number of rotatable bonds is 13. The van der Waals surface area contributed by atoms with Crippen molar-refractivity contribution in [2.24, 2.45) is 0 Å². The second-order valence-corrected chi connectivity index (χ2v) is 10.2. The largest absolute Gasteiger partial charge is 0.493 e. The molecule has 40 heavy (non-hydrogen) atoms. The summed E-state index contributed by atoms with van der Waals surface area (Å²) in [4.78, 5) is 25.8. The zero-order chi connectivity index (χ0) is 28.9. The maximum absolute atomic E-state index is 15.4. The van der Waals surface area contributed by atoms with Gasteiger partial charge in [-0.3, -0.25) is 15.0 Å². The van der Waals surface area contributed by atoms with Crippen molar-refractivity contribution in [3.8, 4) is 23.0 Å². The van der Waals surface area contributed by atoms with Crippen molar-refractivity contribution in [1.29, 1.82) is 5.41 Å². The number of hydrogen-bond donors (Lipinski definition) is 2. The number of Topliss-reactive ketones (excluding diaryl/α,β-unsaturated/α-hetero) is 1. The van der Waals surface area contributed by atoms with E-state index in [0.29, 0.717) is 35.7 Å². The Hall–Kier alpha value is -3.34. The van der Waals surface area contributed by atoms with Crippen LogP contribution in [0, 0.1) is 11.2 Å². The zero-order valence-electron chi connectivity index (χ0n) is 23.8. The third-order valence-electron chi connectivity index (χ3n) is 6.29. The molecular weight excluding hydrogens is 587 g/mol. The summed E-state index contributed by atoms with van der Waals surface area (Å²) in [6.45, 7) is 10.2. The molecule has 0 amide bonds. The number of ether oxygens (including phenoxy) is 4. The van der Waals surface area contributed by atoms with E-state index < -0.39 is 17.2 Å². The van der Waals surface area contributed by atoms with Crippen molar-refractivity contribution in [2.45, 2.75) is 59.4 Å². The fourth-order valence-electron chi connectivity index (χ4n) is 4.44. The van der Waals surface area contributed by atoms with Gasteiger partial charge in [-0.15, -0.1) is 17.0 Å². The predicted molar refractivity (Wildman–Crippen MR) is 155 cm³/mol. The molecule has 2 aromatic carbocycles. The number of benzene rings is 2. The highest BCUT2D eigenvalue weighted by Crippen LogP contribution is 2.41. The van der Waals surface area contributed by atoms with Crippen LogP contribution in [-0.2, 0) is 16.8 Å². The van der Waals surface area contributed by atoms with Crippen LogP contribution < -0.4 is 18.9 Å². The molecule has 0 atom stereocenters. The molecule has 2 aromatic rings. The fraction of sp³-hybridized carbons (Fsp3) is 0.483. The van der Waals surface area contributed by atoms with Crippen LogP contribution >= 0.6 is 17.0 Å². The summed E-state index contributed by atoms with van der Waals surface area (Å²) >= 11 is 0. The van der Waals surface area contributed by atoms with E-state index >= 15 is 4.39 Å². The van der Waals surface area contributed by atoms with Crippen molar-refractivity contribution in [2.75, 3.05) is 33.5 Å². The van der Waals surface area contributed by atoms with Crippen LogP contribution in [0.2, 0.25) is 0 Å². The number of hydrogen-bond acceptors (Lipinski definition) is 7. The molecule has 1 heterocycles. The van der Waals surface area contributed by atoms with E-state index in [1.807, 2.05) is 20.8 Å². The molecule has 0 saturated carbocycles. The highest BCUT2D eigenvalue weighted by atomic mass is 79.9. The van der Waals surface area contributed by atoms with Gasteiger partial charge in [0.25, 0.3) is 0 Å². The average Bonchev–Trinajstić information content (AvgIpc) is 3.17. The van der Waals surface area contributed by atoms with Gasteiger partial charge in [0.15, 0.2) is 34.6 Å².